The van der Waals surface area contributed by atoms with Crippen LogP contribution in [0.4, 0.5) is 4.39 Å². The van der Waals surface area contributed by atoms with Crippen molar-refractivity contribution in [3.05, 3.63) is 57.8 Å². The monoisotopic (exact) mass is 298 g/mol. The first-order valence-corrected chi connectivity index (χ1v) is 5.99. The van der Waals surface area contributed by atoms with Crippen LogP contribution in [0.2, 0.25) is 10.0 Å². The van der Waals surface area contributed by atoms with Gasteiger partial charge in [0.05, 0.1) is 0 Å². The Morgan fingerprint density at radius 1 is 1.11 bits per heavy atom. The molecule has 0 fully saturated rings. The van der Waals surface area contributed by atoms with E-state index in [1.54, 1.807) is 6.07 Å². The predicted octanol–water partition coefficient (Wildman–Crippen LogP) is 4.21. The molecule has 98 valence electrons. The van der Waals surface area contributed by atoms with Crippen LogP contribution in [0.15, 0.2) is 36.4 Å². The molecule has 2 aromatic rings. The summed E-state index contributed by atoms with van der Waals surface area (Å²) in [6.45, 7) is 0. The highest BCUT2D eigenvalue weighted by Gasteiger charge is 2.08. The first-order valence-electron chi connectivity index (χ1n) is 5.23. The van der Waals surface area contributed by atoms with E-state index in [2.05, 4.69) is 0 Å². The minimum Gasteiger partial charge on any atom is -0.454 e. The molecular formula is C13H9Cl2FN2O. The predicted molar refractivity (Wildman–Crippen MR) is 74.0 cm³/mol. The molecule has 0 unspecified atom stereocenters. The minimum absolute atomic E-state index is 0.00309. The van der Waals surface area contributed by atoms with Gasteiger partial charge < -0.3 is 10.5 Å². The normalized spacial score (nSPS) is 10.3. The molecule has 0 aliphatic carbocycles. The summed E-state index contributed by atoms with van der Waals surface area (Å²) in [6, 6.07) is 8.60. The van der Waals surface area contributed by atoms with E-state index in [1.165, 1.54) is 24.3 Å². The molecular weight excluding hydrogens is 290 g/mol. The smallest absolute Gasteiger partial charge is 0.166 e. The van der Waals surface area contributed by atoms with E-state index in [4.69, 9.17) is 39.1 Å². The third-order valence-electron chi connectivity index (χ3n) is 2.31. The summed E-state index contributed by atoms with van der Waals surface area (Å²) in [5.41, 5.74) is 5.55. The fourth-order valence-electron chi connectivity index (χ4n) is 1.47. The first-order chi connectivity index (χ1) is 8.95. The van der Waals surface area contributed by atoms with Gasteiger partial charge in [-0.3, -0.25) is 5.41 Å². The van der Waals surface area contributed by atoms with E-state index in [9.17, 15) is 4.39 Å². The highest BCUT2D eigenvalue weighted by atomic mass is 35.5. The molecule has 0 aromatic heterocycles. The van der Waals surface area contributed by atoms with Gasteiger partial charge in [0.25, 0.3) is 0 Å². The Morgan fingerprint density at radius 2 is 1.74 bits per heavy atom. The zero-order valence-corrected chi connectivity index (χ0v) is 11.1. The van der Waals surface area contributed by atoms with Crippen molar-refractivity contribution in [3.63, 3.8) is 0 Å². The third-order valence-corrected chi connectivity index (χ3v) is 2.74. The molecule has 19 heavy (non-hydrogen) atoms. The number of hydrogen-bond donors (Lipinski definition) is 2. The van der Waals surface area contributed by atoms with Crippen LogP contribution >= 0.6 is 23.2 Å². The molecule has 0 bridgehead atoms. The zero-order chi connectivity index (χ0) is 14.0. The Labute approximate surface area is 119 Å². The summed E-state index contributed by atoms with van der Waals surface area (Å²) < 4.78 is 19.1. The lowest BCUT2D eigenvalue weighted by molar-refractivity contribution is 0.442. The van der Waals surface area contributed by atoms with Gasteiger partial charge >= 0.3 is 0 Å². The lowest BCUT2D eigenvalue weighted by Crippen LogP contribution is -2.11. The van der Waals surface area contributed by atoms with Crippen molar-refractivity contribution in [1.29, 1.82) is 5.41 Å². The van der Waals surface area contributed by atoms with Crippen LogP contribution in [-0.4, -0.2) is 5.84 Å². The van der Waals surface area contributed by atoms with Gasteiger partial charge in [-0.1, -0.05) is 23.2 Å². The quantitative estimate of drug-likeness (QED) is 0.659. The number of ether oxygens (including phenoxy) is 1. The average molecular weight is 299 g/mol. The summed E-state index contributed by atoms with van der Waals surface area (Å²) in [4.78, 5) is 0. The number of benzene rings is 2. The molecule has 0 spiro atoms. The third kappa shape index (κ3) is 3.36. The van der Waals surface area contributed by atoms with Crippen molar-refractivity contribution in [2.45, 2.75) is 0 Å². The minimum atomic E-state index is -0.621. The Kier molecular flexibility index (Phi) is 3.93. The lowest BCUT2D eigenvalue weighted by Gasteiger charge is -2.08. The van der Waals surface area contributed by atoms with Crippen LogP contribution in [0.1, 0.15) is 5.56 Å². The van der Waals surface area contributed by atoms with Gasteiger partial charge in [-0.25, -0.2) is 4.39 Å². The van der Waals surface area contributed by atoms with E-state index in [1.807, 2.05) is 0 Å². The lowest BCUT2D eigenvalue weighted by atomic mass is 10.2. The maximum Gasteiger partial charge on any atom is 0.166 e. The first kappa shape index (κ1) is 13.6. The Hall–Kier alpha value is -1.78. The van der Waals surface area contributed by atoms with Gasteiger partial charge in [-0.05, 0) is 36.4 Å². The summed E-state index contributed by atoms with van der Waals surface area (Å²) in [5, 5.41) is 8.00. The number of nitrogens with two attached hydrogens (primary N) is 1. The number of nitrogens with one attached hydrogen (secondary N) is 1. The number of hydrogen-bond acceptors (Lipinski definition) is 2. The van der Waals surface area contributed by atoms with Crippen LogP contribution in [0.5, 0.6) is 11.5 Å². The van der Waals surface area contributed by atoms with Gasteiger partial charge in [0.1, 0.15) is 11.6 Å². The van der Waals surface area contributed by atoms with E-state index >= 15 is 0 Å². The number of halogens is 3. The van der Waals surface area contributed by atoms with Crippen molar-refractivity contribution in [2.75, 3.05) is 0 Å². The molecule has 0 amide bonds. The molecule has 3 N–H and O–H groups in total. The average Bonchev–Trinajstić information content (AvgIpc) is 2.30. The molecule has 0 saturated carbocycles. The molecule has 0 saturated heterocycles. The van der Waals surface area contributed by atoms with Crippen molar-refractivity contribution in [2.24, 2.45) is 5.73 Å². The Balaban J connectivity index is 2.30. The van der Waals surface area contributed by atoms with Crippen molar-refractivity contribution >= 4 is 29.0 Å². The van der Waals surface area contributed by atoms with Crippen molar-refractivity contribution in [1.82, 2.24) is 0 Å². The largest absolute Gasteiger partial charge is 0.454 e. The van der Waals surface area contributed by atoms with Crippen molar-refractivity contribution in [3.8, 4) is 11.5 Å². The van der Waals surface area contributed by atoms with Crippen LogP contribution in [-0.2, 0) is 0 Å². The van der Waals surface area contributed by atoms with E-state index in [0.717, 1.165) is 6.07 Å². The van der Waals surface area contributed by atoms with Crippen LogP contribution in [0.25, 0.3) is 0 Å². The maximum absolute atomic E-state index is 13.8. The molecule has 2 rings (SSSR count). The molecule has 0 radical (unpaired) electrons. The molecule has 2 aromatic carbocycles. The van der Waals surface area contributed by atoms with Crippen LogP contribution in [0.3, 0.4) is 0 Å². The molecule has 6 heteroatoms. The standard InChI is InChI=1S/C13H9Cl2FN2O/c14-8-4-9(15)6-10(5-8)19-12-2-1-7(13(17)18)3-11(12)16/h1-6H,(H3,17,18). The fourth-order valence-corrected chi connectivity index (χ4v) is 1.97. The summed E-state index contributed by atoms with van der Waals surface area (Å²) in [6.07, 6.45) is 0. The zero-order valence-electron chi connectivity index (χ0n) is 9.58. The van der Waals surface area contributed by atoms with Gasteiger partial charge in [0, 0.05) is 15.6 Å². The Bertz CT molecular complexity index is 626. The van der Waals surface area contributed by atoms with Gasteiger partial charge in [0.2, 0.25) is 0 Å². The van der Waals surface area contributed by atoms with E-state index in [0.29, 0.717) is 15.8 Å². The van der Waals surface area contributed by atoms with Crippen LogP contribution in [0, 0.1) is 11.2 Å². The fraction of sp³-hybridized carbons (Fsp3) is 0. The van der Waals surface area contributed by atoms with Crippen LogP contribution < -0.4 is 10.5 Å². The summed E-state index contributed by atoms with van der Waals surface area (Å²) in [7, 11) is 0. The molecule has 0 heterocycles. The van der Waals surface area contributed by atoms with Gasteiger partial charge in [0.15, 0.2) is 11.6 Å². The number of rotatable bonds is 3. The van der Waals surface area contributed by atoms with Gasteiger partial charge in [-0.15, -0.1) is 0 Å². The highest BCUT2D eigenvalue weighted by Crippen LogP contribution is 2.29. The number of amidine groups is 1. The molecule has 3 nitrogen and oxygen atoms in total. The topological polar surface area (TPSA) is 59.1 Å². The second-order valence-corrected chi connectivity index (χ2v) is 4.64. The summed E-state index contributed by atoms with van der Waals surface area (Å²) >= 11 is 11.6. The highest BCUT2D eigenvalue weighted by molar-refractivity contribution is 6.34. The Morgan fingerprint density at radius 3 is 2.26 bits per heavy atom. The van der Waals surface area contributed by atoms with E-state index < -0.39 is 5.82 Å². The van der Waals surface area contributed by atoms with Gasteiger partial charge in [-0.2, -0.15) is 0 Å². The molecule has 0 aliphatic heterocycles. The maximum atomic E-state index is 13.8. The molecule has 0 atom stereocenters. The SMILES string of the molecule is N=C(N)c1ccc(Oc2cc(Cl)cc(Cl)c2)c(F)c1. The second-order valence-electron chi connectivity index (χ2n) is 3.77. The molecule has 0 aliphatic rings. The number of nitrogen functional groups attached to an aromatic ring is 1. The van der Waals surface area contributed by atoms with Crippen molar-refractivity contribution < 1.29 is 9.13 Å². The summed E-state index contributed by atoms with van der Waals surface area (Å²) in [5.74, 6) is -0.504. The second kappa shape index (κ2) is 5.47. The van der Waals surface area contributed by atoms with E-state index in [-0.39, 0.29) is 17.1 Å².